The molecule has 0 aromatic heterocycles. The normalized spacial score (nSPS) is 34.8. The van der Waals surface area contributed by atoms with Crippen molar-refractivity contribution in [1.82, 2.24) is 4.90 Å². The molecular formula is C15H24N2. The zero-order valence-corrected chi connectivity index (χ0v) is 11.1. The average molecular weight is 232 g/mol. The van der Waals surface area contributed by atoms with E-state index in [2.05, 4.69) is 56.0 Å². The highest BCUT2D eigenvalue weighted by Crippen LogP contribution is 2.28. The van der Waals surface area contributed by atoms with Crippen LogP contribution in [0.4, 0.5) is 0 Å². The lowest BCUT2D eigenvalue weighted by Gasteiger charge is -2.46. The molecule has 1 fully saturated rings. The van der Waals surface area contributed by atoms with Gasteiger partial charge in [0.2, 0.25) is 0 Å². The predicted octanol–water partition coefficient (Wildman–Crippen LogP) is 2.63. The van der Waals surface area contributed by atoms with Crippen LogP contribution in [0.2, 0.25) is 0 Å². The van der Waals surface area contributed by atoms with Gasteiger partial charge in [-0.25, -0.2) is 0 Å². The van der Waals surface area contributed by atoms with E-state index in [4.69, 9.17) is 5.73 Å². The van der Waals surface area contributed by atoms with E-state index in [0.29, 0.717) is 24.0 Å². The van der Waals surface area contributed by atoms with Crippen molar-refractivity contribution in [3.63, 3.8) is 0 Å². The Labute approximate surface area is 105 Å². The van der Waals surface area contributed by atoms with Gasteiger partial charge in [0.25, 0.3) is 0 Å². The molecule has 1 heterocycles. The topological polar surface area (TPSA) is 29.3 Å². The van der Waals surface area contributed by atoms with E-state index in [1.165, 1.54) is 5.56 Å². The van der Waals surface area contributed by atoms with Crippen molar-refractivity contribution in [3.8, 4) is 0 Å². The number of hydrogen-bond donors (Lipinski definition) is 1. The Kier molecular flexibility index (Phi) is 3.85. The van der Waals surface area contributed by atoms with Crippen LogP contribution in [0.5, 0.6) is 0 Å². The second-order valence-corrected chi connectivity index (χ2v) is 5.52. The smallest absolute Gasteiger partial charge is 0.0240 e. The molecule has 2 heteroatoms. The number of likely N-dealkylation sites (tertiary alicyclic amines) is 1. The second-order valence-electron chi connectivity index (χ2n) is 5.52. The van der Waals surface area contributed by atoms with E-state index >= 15 is 0 Å². The Hall–Kier alpha value is -0.860. The number of nitrogens with two attached hydrogens (primary N) is 1. The molecular weight excluding hydrogens is 208 g/mol. The molecule has 0 unspecified atom stereocenters. The first-order chi connectivity index (χ1) is 8.09. The standard InChI is InChI=1S/C15H24N2/c1-11-9-15(16)13(3)17(12(11)2)10-14-7-5-4-6-8-14/h4-8,11-13,15H,9-10,16H2,1-3H3/t11-,12+,13-,15-/m0/s1. The third-order valence-electron chi connectivity index (χ3n) is 4.34. The van der Waals surface area contributed by atoms with E-state index in [9.17, 15) is 0 Å². The molecule has 2 rings (SSSR count). The SMILES string of the molecule is C[C@@H]1[C@@H](C)C[C@H](N)[C@H](C)N1Cc1ccccc1. The number of rotatable bonds is 2. The highest BCUT2D eigenvalue weighted by atomic mass is 15.2. The van der Waals surface area contributed by atoms with Gasteiger partial charge < -0.3 is 5.73 Å². The first-order valence-electron chi connectivity index (χ1n) is 6.65. The van der Waals surface area contributed by atoms with Gasteiger partial charge in [-0.15, -0.1) is 0 Å². The summed E-state index contributed by atoms with van der Waals surface area (Å²) in [6.07, 6.45) is 1.15. The minimum Gasteiger partial charge on any atom is -0.326 e. The van der Waals surface area contributed by atoms with Crippen LogP contribution in [0.3, 0.4) is 0 Å². The van der Waals surface area contributed by atoms with E-state index in [1.54, 1.807) is 0 Å². The van der Waals surface area contributed by atoms with Crippen molar-refractivity contribution in [1.29, 1.82) is 0 Å². The Morgan fingerprint density at radius 1 is 1.12 bits per heavy atom. The van der Waals surface area contributed by atoms with Gasteiger partial charge in [0.05, 0.1) is 0 Å². The lowest BCUT2D eigenvalue weighted by Crippen LogP contribution is -2.56. The molecule has 0 radical (unpaired) electrons. The highest BCUT2D eigenvalue weighted by molar-refractivity contribution is 5.15. The van der Waals surface area contributed by atoms with Gasteiger partial charge in [0, 0.05) is 24.7 Å². The fourth-order valence-electron chi connectivity index (χ4n) is 2.85. The third-order valence-corrected chi connectivity index (χ3v) is 4.34. The summed E-state index contributed by atoms with van der Waals surface area (Å²) < 4.78 is 0. The summed E-state index contributed by atoms with van der Waals surface area (Å²) in [5.41, 5.74) is 7.62. The minimum atomic E-state index is 0.310. The molecule has 1 aliphatic heterocycles. The zero-order chi connectivity index (χ0) is 12.4. The molecule has 2 N–H and O–H groups in total. The fourth-order valence-corrected chi connectivity index (χ4v) is 2.85. The van der Waals surface area contributed by atoms with Gasteiger partial charge in [0.15, 0.2) is 0 Å². The van der Waals surface area contributed by atoms with Crippen LogP contribution in [0.1, 0.15) is 32.8 Å². The average Bonchev–Trinajstić information content (AvgIpc) is 2.33. The Bertz CT molecular complexity index is 335. The number of benzene rings is 1. The van der Waals surface area contributed by atoms with Crippen LogP contribution in [0.25, 0.3) is 0 Å². The maximum atomic E-state index is 6.23. The molecule has 0 aliphatic carbocycles. The maximum absolute atomic E-state index is 6.23. The molecule has 1 saturated heterocycles. The summed E-state index contributed by atoms with van der Waals surface area (Å²) in [5, 5.41) is 0. The maximum Gasteiger partial charge on any atom is 0.0240 e. The van der Waals surface area contributed by atoms with Gasteiger partial charge >= 0.3 is 0 Å². The molecule has 17 heavy (non-hydrogen) atoms. The van der Waals surface area contributed by atoms with Crippen LogP contribution in [0.15, 0.2) is 30.3 Å². The number of hydrogen-bond acceptors (Lipinski definition) is 2. The molecule has 1 aromatic carbocycles. The molecule has 4 atom stereocenters. The monoisotopic (exact) mass is 232 g/mol. The van der Waals surface area contributed by atoms with E-state index in [1.807, 2.05) is 0 Å². The molecule has 0 spiro atoms. The van der Waals surface area contributed by atoms with E-state index in [0.717, 1.165) is 13.0 Å². The number of piperidine rings is 1. The van der Waals surface area contributed by atoms with Gasteiger partial charge in [0.1, 0.15) is 0 Å². The van der Waals surface area contributed by atoms with Crippen molar-refractivity contribution >= 4 is 0 Å². The van der Waals surface area contributed by atoms with Gasteiger partial charge in [-0.3, -0.25) is 4.90 Å². The number of nitrogens with zero attached hydrogens (tertiary/aromatic N) is 1. The molecule has 94 valence electrons. The summed E-state index contributed by atoms with van der Waals surface area (Å²) in [5.74, 6) is 0.685. The quantitative estimate of drug-likeness (QED) is 0.849. The summed E-state index contributed by atoms with van der Waals surface area (Å²) in [4.78, 5) is 2.55. The van der Waals surface area contributed by atoms with Crippen molar-refractivity contribution < 1.29 is 0 Å². The van der Waals surface area contributed by atoms with Crippen LogP contribution in [-0.4, -0.2) is 23.0 Å². The lowest BCUT2D eigenvalue weighted by molar-refractivity contribution is 0.0425. The van der Waals surface area contributed by atoms with Crippen molar-refractivity contribution in [2.75, 3.05) is 0 Å². The third kappa shape index (κ3) is 2.70. The highest BCUT2D eigenvalue weighted by Gasteiger charge is 2.34. The zero-order valence-electron chi connectivity index (χ0n) is 11.1. The molecule has 1 aliphatic rings. The Morgan fingerprint density at radius 2 is 1.76 bits per heavy atom. The Morgan fingerprint density at radius 3 is 2.41 bits per heavy atom. The predicted molar refractivity (Wildman–Crippen MR) is 72.7 cm³/mol. The van der Waals surface area contributed by atoms with Crippen molar-refractivity contribution in [2.45, 2.75) is 51.9 Å². The minimum absolute atomic E-state index is 0.310. The summed E-state index contributed by atoms with van der Waals surface area (Å²) >= 11 is 0. The summed E-state index contributed by atoms with van der Waals surface area (Å²) in [6, 6.07) is 12.1. The molecule has 2 nitrogen and oxygen atoms in total. The summed E-state index contributed by atoms with van der Waals surface area (Å²) in [7, 11) is 0. The molecule has 0 bridgehead atoms. The van der Waals surface area contributed by atoms with Crippen LogP contribution in [-0.2, 0) is 6.54 Å². The van der Waals surface area contributed by atoms with Gasteiger partial charge in [-0.1, -0.05) is 37.3 Å². The van der Waals surface area contributed by atoms with Crippen molar-refractivity contribution in [3.05, 3.63) is 35.9 Å². The van der Waals surface area contributed by atoms with Crippen LogP contribution < -0.4 is 5.73 Å². The lowest BCUT2D eigenvalue weighted by atomic mass is 9.84. The molecule has 1 aromatic rings. The van der Waals surface area contributed by atoms with Crippen molar-refractivity contribution in [2.24, 2.45) is 11.7 Å². The molecule has 0 amide bonds. The van der Waals surface area contributed by atoms with Gasteiger partial charge in [-0.2, -0.15) is 0 Å². The molecule has 0 saturated carbocycles. The first-order valence-corrected chi connectivity index (χ1v) is 6.65. The van der Waals surface area contributed by atoms with E-state index < -0.39 is 0 Å². The fraction of sp³-hybridized carbons (Fsp3) is 0.600. The van der Waals surface area contributed by atoms with Gasteiger partial charge in [-0.05, 0) is 31.7 Å². The Balaban J connectivity index is 2.12. The van der Waals surface area contributed by atoms with Crippen LogP contribution >= 0.6 is 0 Å². The largest absolute Gasteiger partial charge is 0.326 e. The summed E-state index contributed by atoms with van der Waals surface area (Å²) in [6.45, 7) is 7.92. The second kappa shape index (κ2) is 5.19. The van der Waals surface area contributed by atoms with Crippen LogP contribution in [0, 0.1) is 5.92 Å². The first kappa shape index (κ1) is 12.6. The van der Waals surface area contributed by atoms with E-state index in [-0.39, 0.29) is 0 Å².